The van der Waals surface area contributed by atoms with Gasteiger partial charge < -0.3 is 10.4 Å². The van der Waals surface area contributed by atoms with Crippen LogP contribution in [-0.2, 0) is 0 Å². The molecule has 0 amide bonds. The topological polar surface area (TPSA) is 88.8 Å². The molecule has 0 atom stereocenters. The number of rotatable bonds is 2. The van der Waals surface area contributed by atoms with Gasteiger partial charge in [0.15, 0.2) is 0 Å². The van der Waals surface area contributed by atoms with Gasteiger partial charge in [0, 0.05) is 22.7 Å². The monoisotopic (exact) mass is 351 g/mol. The van der Waals surface area contributed by atoms with Gasteiger partial charge in [0.05, 0.1) is 11.7 Å². The van der Waals surface area contributed by atoms with Gasteiger partial charge in [0.25, 0.3) is 0 Å². The predicted octanol–water partition coefficient (Wildman–Crippen LogP) is 2.88. The van der Waals surface area contributed by atoms with Crippen molar-refractivity contribution in [1.82, 2.24) is 30.5 Å². The lowest BCUT2D eigenvalue weighted by molar-refractivity contribution is 0.127. The summed E-state index contributed by atoms with van der Waals surface area (Å²) in [6.45, 7) is 8.83. The molecule has 1 radical (unpaired) electrons. The molecule has 7 heteroatoms. The van der Waals surface area contributed by atoms with Crippen LogP contribution in [0.2, 0.25) is 0 Å². The molecule has 0 saturated carbocycles. The third-order valence-corrected chi connectivity index (χ3v) is 4.85. The number of aromatic nitrogens is 5. The van der Waals surface area contributed by atoms with Crippen LogP contribution in [0.25, 0.3) is 22.4 Å². The zero-order chi connectivity index (χ0) is 18.5. The van der Waals surface area contributed by atoms with Crippen molar-refractivity contribution in [3.8, 4) is 17.0 Å². The van der Waals surface area contributed by atoms with E-state index in [1.165, 1.54) is 0 Å². The molecule has 1 fully saturated rings. The van der Waals surface area contributed by atoms with Crippen LogP contribution in [0.15, 0.2) is 24.3 Å². The largest absolute Gasteiger partial charge is 0.507 e. The highest BCUT2D eigenvalue weighted by Crippen LogP contribution is 2.36. The van der Waals surface area contributed by atoms with Gasteiger partial charge in [0.2, 0.25) is 5.65 Å². The molecule has 1 aliphatic heterocycles. The number of nitrogens with one attached hydrogen (secondary N) is 1. The van der Waals surface area contributed by atoms with E-state index >= 15 is 0 Å². The highest BCUT2D eigenvalue weighted by molar-refractivity contribution is 5.77. The highest BCUT2D eigenvalue weighted by atomic mass is 16.3. The van der Waals surface area contributed by atoms with Crippen molar-refractivity contribution in [1.29, 1.82) is 0 Å². The standard InChI is InChI=1S/C19H23N6O/c1-18(2)10-12(11-19(3,4)23-18)25-17-15(21-24-25)9-14(20-22-17)13-7-5-6-8-16(13)26/h5-7,9,12,23,26H,10-11H2,1-4H3. The van der Waals surface area contributed by atoms with Crippen LogP contribution in [0.1, 0.15) is 46.6 Å². The quantitative estimate of drug-likeness (QED) is 0.738. The van der Waals surface area contributed by atoms with Crippen molar-refractivity contribution in [2.75, 3.05) is 0 Å². The van der Waals surface area contributed by atoms with E-state index in [1.807, 2.05) is 10.7 Å². The minimum absolute atomic E-state index is 0.00369. The van der Waals surface area contributed by atoms with Gasteiger partial charge in [-0.3, -0.25) is 0 Å². The maximum Gasteiger partial charge on any atom is 0.201 e. The number of hydrogen-bond donors (Lipinski definition) is 2. The molecular formula is C19H23N6O. The number of phenolic OH excluding ortho intramolecular Hbond substituents is 1. The fourth-order valence-electron chi connectivity index (χ4n) is 4.20. The van der Waals surface area contributed by atoms with Crippen LogP contribution in [0.5, 0.6) is 5.75 Å². The number of fused-ring (bicyclic) bond motifs is 1. The maximum absolute atomic E-state index is 9.99. The van der Waals surface area contributed by atoms with E-state index in [-0.39, 0.29) is 22.9 Å². The highest BCUT2D eigenvalue weighted by Gasteiger charge is 2.39. The maximum atomic E-state index is 9.99. The molecule has 3 heterocycles. The molecule has 1 saturated heterocycles. The normalized spacial score (nSPS) is 19.7. The minimum atomic E-state index is 0.00369. The van der Waals surface area contributed by atoms with Gasteiger partial charge in [0.1, 0.15) is 11.3 Å². The summed E-state index contributed by atoms with van der Waals surface area (Å²) < 4.78 is 1.90. The van der Waals surface area contributed by atoms with Gasteiger partial charge in [-0.15, -0.1) is 15.3 Å². The first-order chi connectivity index (χ1) is 12.2. The van der Waals surface area contributed by atoms with Crippen molar-refractivity contribution in [3.05, 3.63) is 30.3 Å². The second kappa shape index (κ2) is 5.74. The molecule has 1 aliphatic rings. The Morgan fingerprint density at radius 2 is 1.88 bits per heavy atom. The summed E-state index contributed by atoms with van der Waals surface area (Å²) in [5.74, 6) is 0.0513. The first-order valence-corrected chi connectivity index (χ1v) is 8.82. The van der Waals surface area contributed by atoms with Gasteiger partial charge in [-0.25, -0.2) is 4.68 Å². The average Bonchev–Trinajstić information content (AvgIpc) is 2.95. The summed E-state index contributed by atoms with van der Waals surface area (Å²) in [7, 11) is 0. The van der Waals surface area contributed by atoms with Crippen LogP contribution < -0.4 is 5.32 Å². The summed E-state index contributed by atoms with van der Waals surface area (Å²) >= 11 is 0. The van der Waals surface area contributed by atoms with Gasteiger partial charge >= 0.3 is 0 Å². The number of para-hydroxylation sites is 1. The third-order valence-electron chi connectivity index (χ3n) is 4.85. The Kier molecular flexibility index (Phi) is 3.73. The molecular weight excluding hydrogens is 328 g/mol. The van der Waals surface area contributed by atoms with Crippen LogP contribution in [0.4, 0.5) is 0 Å². The van der Waals surface area contributed by atoms with E-state index < -0.39 is 0 Å². The van der Waals surface area contributed by atoms with Crippen LogP contribution in [0.3, 0.4) is 0 Å². The molecule has 4 rings (SSSR count). The first-order valence-electron chi connectivity index (χ1n) is 8.82. The third kappa shape index (κ3) is 3.03. The fraction of sp³-hybridized carbons (Fsp3) is 0.474. The number of phenols is 1. The van der Waals surface area contributed by atoms with Crippen LogP contribution in [0, 0.1) is 6.07 Å². The lowest BCUT2D eigenvalue weighted by Gasteiger charge is -2.46. The molecule has 135 valence electrons. The Morgan fingerprint density at radius 3 is 2.58 bits per heavy atom. The van der Waals surface area contributed by atoms with E-state index in [1.54, 1.807) is 18.2 Å². The van der Waals surface area contributed by atoms with Gasteiger partial charge in [-0.2, -0.15) is 0 Å². The summed E-state index contributed by atoms with van der Waals surface area (Å²) in [6.07, 6.45) is 1.87. The predicted molar refractivity (Wildman–Crippen MR) is 98.6 cm³/mol. The molecule has 2 N–H and O–H groups in total. The molecule has 2 aromatic heterocycles. The van der Waals surface area contributed by atoms with Crippen LogP contribution >= 0.6 is 0 Å². The van der Waals surface area contributed by atoms with E-state index in [0.29, 0.717) is 22.4 Å². The van der Waals surface area contributed by atoms with Crippen molar-refractivity contribution in [2.24, 2.45) is 0 Å². The smallest absolute Gasteiger partial charge is 0.201 e. The number of benzene rings is 1. The molecule has 0 bridgehead atoms. The van der Waals surface area contributed by atoms with Crippen molar-refractivity contribution >= 4 is 11.2 Å². The first kappa shape index (κ1) is 16.9. The van der Waals surface area contributed by atoms with Gasteiger partial charge in [-0.05, 0) is 52.7 Å². The molecule has 0 unspecified atom stereocenters. The Morgan fingerprint density at radius 1 is 1.15 bits per heavy atom. The number of aromatic hydroxyl groups is 1. The Balaban J connectivity index is 1.73. The zero-order valence-electron chi connectivity index (χ0n) is 15.5. The van der Waals surface area contributed by atoms with E-state index in [0.717, 1.165) is 12.8 Å². The zero-order valence-corrected chi connectivity index (χ0v) is 15.5. The van der Waals surface area contributed by atoms with Crippen molar-refractivity contribution < 1.29 is 5.11 Å². The van der Waals surface area contributed by atoms with Crippen LogP contribution in [-0.4, -0.2) is 41.4 Å². The fourth-order valence-corrected chi connectivity index (χ4v) is 4.20. The summed E-state index contributed by atoms with van der Waals surface area (Å²) in [6, 6.07) is 10.0. The molecule has 26 heavy (non-hydrogen) atoms. The van der Waals surface area contributed by atoms with Gasteiger partial charge in [-0.1, -0.05) is 17.3 Å². The number of hydrogen-bond acceptors (Lipinski definition) is 6. The summed E-state index contributed by atoms with van der Waals surface area (Å²) in [5, 5.41) is 31.0. The molecule has 7 nitrogen and oxygen atoms in total. The lowest BCUT2D eigenvalue weighted by Crippen LogP contribution is -2.58. The summed E-state index contributed by atoms with van der Waals surface area (Å²) in [4.78, 5) is 0. The average molecular weight is 351 g/mol. The Labute approximate surface area is 152 Å². The Bertz CT molecular complexity index is 946. The van der Waals surface area contributed by atoms with E-state index in [2.05, 4.69) is 59.6 Å². The SMILES string of the molecule is CC1(C)CC(n2nnc3cc(-c4ccc[c]c4O)nnc32)CC(C)(C)N1. The molecule has 0 spiro atoms. The minimum Gasteiger partial charge on any atom is -0.507 e. The van der Waals surface area contributed by atoms with E-state index in [9.17, 15) is 5.11 Å². The lowest BCUT2D eigenvalue weighted by atomic mass is 9.80. The van der Waals surface area contributed by atoms with E-state index in [4.69, 9.17) is 0 Å². The molecule has 1 aromatic carbocycles. The summed E-state index contributed by atoms with van der Waals surface area (Å²) in [5.41, 5.74) is 2.50. The molecule has 0 aliphatic carbocycles. The molecule has 3 aromatic rings. The van der Waals surface area contributed by atoms with Crippen molar-refractivity contribution in [3.63, 3.8) is 0 Å². The number of piperidine rings is 1. The van der Waals surface area contributed by atoms with Crippen molar-refractivity contribution in [2.45, 2.75) is 57.7 Å². The Hall–Kier alpha value is -2.54. The second-order valence-corrected chi connectivity index (χ2v) is 8.36. The number of nitrogens with zero attached hydrogens (tertiary/aromatic N) is 5. The second-order valence-electron chi connectivity index (χ2n) is 8.36.